The van der Waals surface area contributed by atoms with Crippen molar-refractivity contribution in [2.24, 2.45) is 11.3 Å². The molecule has 0 atom stereocenters. The normalized spacial score (nSPS) is 13.1. The average molecular weight is 333 g/mol. The van der Waals surface area contributed by atoms with E-state index in [2.05, 4.69) is 33.8 Å². The molecule has 3 heteroatoms. The molecular weight excluding hydrogens is 296 g/mol. The zero-order chi connectivity index (χ0) is 16.8. The van der Waals surface area contributed by atoms with Crippen LogP contribution in [0.25, 0.3) is 0 Å². The summed E-state index contributed by atoms with van der Waals surface area (Å²) in [6.07, 6.45) is 8.74. The van der Waals surface area contributed by atoms with E-state index in [1.807, 2.05) is 6.92 Å². The van der Waals surface area contributed by atoms with Crippen LogP contribution in [0, 0.1) is 11.3 Å². The van der Waals surface area contributed by atoms with Gasteiger partial charge in [0.25, 0.3) is 0 Å². The van der Waals surface area contributed by atoms with Gasteiger partial charge < -0.3 is 9.47 Å². The van der Waals surface area contributed by atoms with E-state index in [9.17, 15) is 0 Å². The maximum absolute atomic E-state index is 6.07. The molecule has 0 heterocycles. The van der Waals surface area contributed by atoms with Crippen molar-refractivity contribution in [3.63, 3.8) is 0 Å². The van der Waals surface area contributed by atoms with Crippen LogP contribution < -0.4 is 0 Å². The number of allylic oxidation sites excluding steroid dienone is 2. The molecule has 0 aromatic rings. The summed E-state index contributed by atoms with van der Waals surface area (Å²) in [5, 5.41) is 0.857. The zero-order valence-corrected chi connectivity index (χ0v) is 16.2. The number of halogens is 1. The molecule has 0 aliphatic rings. The molecule has 22 heavy (non-hydrogen) atoms. The highest BCUT2D eigenvalue weighted by molar-refractivity contribution is 6.29. The Bertz CT molecular complexity index is 271. The minimum atomic E-state index is 0.0474. The molecular formula is C19H37ClO2. The molecule has 0 saturated heterocycles. The van der Waals surface area contributed by atoms with Gasteiger partial charge in [-0.2, -0.15) is 0 Å². The van der Waals surface area contributed by atoms with Crippen LogP contribution in [0.2, 0.25) is 0 Å². The van der Waals surface area contributed by atoms with Crippen molar-refractivity contribution >= 4 is 11.6 Å². The van der Waals surface area contributed by atoms with E-state index in [-0.39, 0.29) is 5.41 Å². The van der Waals surface area contributed by atoms with Gasteiger partial charge in [-0.15, -0.1) is 0 Å². The van der Waals surface area contributed by atoms with Crippen LogP contribution in [0.5, 0.6) is 0 Å². The lowest BCUT2D eigenvalue weighted by Crippen LogP contribution is -2.34. The molecule has 0 amide bonds. The Hall–Kier alpha value is -0.0500. The van der Waals surface area contributed by atoms with E-state index in [0.29, 0.717) is 5.92 Å². The Morgan fingerprint density at radius 2 is 1.55 bits per heavy atom. The van der Waals surface area contributed by atoms with Crippen LogP contribution >= 0.6 is 11.6 Å². The van der Waals surface area contributed by atoms with Gasteiger partial charge in [-0.05, 0) is 38.5 Å². The first-order chi connectivity index (χ1) is 10.5. The maximum Gasteiger partial charge on any atom is 0.0547 e. The van der Waals surface area contributed by atoms with Gasteiger partial charge >= 0.3 is 0 Å². The third kappa shape index (κ3) is 11.5. The fraction of sp³-hybridized carbons (Fsp3) is 0.895. The summed E-state index contributed by atoms with van der Waals surface area (Å²) in [6.45, 7) is 14.1. The van der Waals surface area contributed by atoms with Crippen molar-refractivity contribution in [2.45, 2.75) is 73.1 Å². The Morgan fingerprint density at radius 3 is 1.91 bits per heavy atom. The molecule has 0 aromatic carbocycles. The van der Waals surface area contributed by atoms with Crippen molar-refractivity contribution in [3.8, 4) is 0 Å². The third-order valence-corrected chi connectivity index (χ3v) is 3.91. The van der Waals surface area contributed by atoms with Gasteiger partial charge in [-0.3, -0.25) is 0 Å². The minimum absolute atomic E-state index is 0.0474. The molecule has 0 saturated carbocycles. The number of hydrogen-bond acceptors (Lipinski definition) is 2. The first-order valence-electron chi connectivity index (χ1n) is 8.93. The highest BCUT2D eigenvalue weighted by atomic mass is 35.5. The highest BCUT2D eigenvalue weighted by Gasteiger charge is 2.31. The molecule has 0 N–H and O–H groups in total. The highest BCUT2D eigenvalue weighted by Crippen LogP contribution is 2.33. The molecule has 0 aliphatic carbocycles. The lowest BCUT2D eigenvalue weighted by atomic mass is 9.78. The second-order valence-electron chi connectivity index (χ2n) is 6.91. The predicted octanol–water partition coefficient (Wildman–Crippen LogP) is 6.19. The Morgan fingerprint density at radius 1 is 1.05 bits per heavy atom. The van der Waals surface area contributed by atoms with Gasteiger partial charge in [0.1, 0.15) is 0 Å². The Balaban J connectivity index is 4.75. The summed E-state index contributed by atoms with van der Waals surface area (Å²) in [7, 11) is 0. The number of hydrogen-bond donors (Lipinski definition) is 0. The molecule has 2 nitrogen and oxygen atoms in total. The van der Waals surface area contributed by atoms with Gasteiger partial charge in [0.2, 0.25) is 0 Å². The molecule has 0 unspecified atom stereocenters. The minimum Gasteiger partial charge on any atom is -0.381 e. The largest absolute Gasteiger partial charge is 0.381 e. The molecule has 0 aliphatic heterocycles. The van der Waals surface area contributed by atoms with Gasteiger partial charge in [-0.25, -0.2) is 0 Å². The molecule has 0 bridgehead atoms. The maximum atomic E-state index is 6.07. The first kappa shape index (κ1) is 21.9. The summed E-state index contributed by atoms with van der Waals surface area (Å²) in [5.74, 6) is 0.619. The second-order valence-corrected chi connectivity index (χ2v) is 7.50. The van der Waals surface area contributed by atoms with Crippen LogP contribution in [-0.2, 0) is 9.47 Å². The van der Waals surface area contributed by atoms with Crippen molar-refractivity contribution in [1.29, 1.82) is 0 Å². The number of rotatable bonds is 14. The van der Waals surface area contributed by atoms with Crippen LogP contribution in [0.3, 0.4) is 0 Å². The Labute approximate surface area is 143 Å². The summed E-state index contributed by atoms with van der Waals surface area (Å²) in [4.78, 5) is 0. The lowest BCUT2D eigenvalue weighted by Gasteiger charge is -2.34. The van der Waals surface area contributed by atoms with Crippen LogP contribution in [0.1, 0.15) is 73.1 Å². The van der Waals surface area contributed by atoms with E-state index in [1.165, 1.54) is 12.8 Å². The summed E-state index contributed by atoms with van der Waals surface area (Å²) in [6, 6.07) is 0. The summed E-state index contributed by atoms with van der Waals surface area (Å²) >= 11 is 6.07. The fourth-order valence-electron chi connectivity index (χ4n) is 2.65. The van der Waals surface area contributed by atoms with Gasteiger partial charge in [0.05, 0.1) is 13.2 Å². The van der Waals surface area contributed by atoms with E-state index in [1.54, 1.807) is 0 Å². The van der Waals surface area contributed by atoms with E-state index < -0.39 is 0 Å². The van der Waals surface area contributed by atoms with Crippen LogP contribution in [-0.4, -0.2) is 26.4 Å². The monoisotopic (exact) mass is 332 g/mol. The molecule has 0 aromatic heterocycles. The molecule has 0 fully saturated rings. The van der Waals surface area contributed by atoms with Crippen molar-refractivity contribution in [2.75, 3.05) is 26.4 Å². The van der Waals surface area contributed by atoms with Crippen molar-refractivity contribution in [1.82, 2.24) is 0 Å². The van der Waals surface area contributed by atoms with Gasteiger partial charge in [0.15, 0.2) is 0 Å². The average Bonchev–Trinajstić information content (AvgIpc) is 2.45. The van der Waals surface area contributed by atoms with Crippen LogP contribution in [0.4, 0.5) is 0 Å². The fourth-order valence-corrected chi connectivity index (χ4v) is 2.73. The van der Waals surface area contributed by atoms with Crippen molar-refractivity contribution < 1.29 is 9.47 Å². The molecule has 0 spiro atoms. The quantitative estimate of drug-likeness (QED) is 0.353. The van der Waals surface area contributed by atoms with Crippen molar-refractivity contribution in [3.05, 3.63) is 11.1 Å². The topological polar surface area (TPSA) is 18.5 Å². The molecule has 0 radical (unpaired) electrons. The second kappa shape index (κ2) is 13.4. The Kier molecular flexibility index (Phi) is 13.4. The first-order valence-corrected chi connectivity index (χ1v) is 9.31. The van der Waals surface area contributed by atoms with E-state index >= 15 is 0 Å². The van der Waals surface area contributed by atoms with Crippen LogP contribution in [0.15, 0.2) is 11.1 Å². The van der Waals surface area contributed by atoms with Gasteiger partial charge in [0, 0.05) is 23.7 Å². The standard InChI is InChI=1S/C19H37ClO2/c1-6-8-12-21-15-19(14-17(3)4,11-10-18(5)20)16-22-13-9-7-2/h10,17H,6-9,11-16H2,1-5H3. The molecule has 0 rings (SSSR count). The lowest BCUT2D eigenvalue weighted by molar-refractivity contribution is -0.0332. The summed E-state index contributed by atoms with van der Waals surface area (Å²) < 4.78 is 12.0. The smallest absolute Gasteiger partial charge is 0.0547 e. The van der Waals surface area contributed by atoms with E-state index in [0.717, 1.165) is 57.1 Å². The zero-order valence-electron chi connectivity index (χ0n) is 15.4. The number of unbranched alkanes of at least 4 members (excludes halogenated alkanes) is 2. The SMILES string of the molecule is CCCCOCC(CC=C(C)Cl)(COCCCC)CC(C)C. The summed E-state index contributed by atoms with van der Waals surface area (Å²) in [5.41, 5.74) is 0.0474. The third-order valence-electron chi connectivity index (χ3n) is 3.76. The molecule has 132 valence electrons. The van der Waals surface area contributed by atoms with E-state index in [4.69, 9.17) is 21.1 Å². The van der Waals surface area contributed by atoms with Gasteiger partial charge in [-0.1, -0.05) is 58.2 Å². The number of ether oxygens (including phenoxy) is 2. The predicted molar refractivity (Wildman–Crippen MR) is 97.6 cm³/mol.